The van der Waals surface area contributed by atoms with Crippen LogP contribution in [0.5, 0.6) is 0 Å². The lowest BCUT2D eigenvalue weighted by Gasteiger charge is -2.31. The first-order chi connectivity index (χ1) is 11.0. The summed E-state index contributed by atoms with van der Waals surface area (Å²) in [5, 5.41) is 12.6. The lowest BCUT2D eigenvalue weighted by molar-refractivity contribution is -0.128. The van der Waals surface area contributed by atoms with Crippen molar-refractivity contribution in [3.63, 3.8) is 0 Å². The summed E-state index contributed by atoms with van der Waals surface area (Å²) in [4.78, 5) is 14.2. The van der Waals surface area contributed by atoms with Crippen LogP contribution < -0.4 is 11.1 Å². The van der Waals surface area contributed by atoms with Crippen molar-refractivity contribution in [2.24, 2.45) is 0 Å². The number of nitrogen functional groups attached to an aromatic ring is 1. The molecule has 0 radical (unpaired) electrons. The van der Waals surface area contributed by atoms with E-state index in [0.29, 0.717) is 16.4 Å². The largest absolute Gasteiger partial charge is 0.398 e. The van der Waals surface area contributed by atoms with Crippen molar-refractivity contribution in [1.29, 1.82) is 5.26 Å². The van der Waals surface area contributed by atoms with Crippen LogP contribution in [0.15, 0.2) is 30.0 Å². The summed E-state index contributed by atoms with van der Waals surface area (Å²) in [6.07, 6.45) is 6.92. The van der Waals surface area contributed by atoms with E-state index in [1.165, 1.54) is 12.6 Å². The molecule has 3 N–H and O–H groups in total. The van der Waals surface area contributed by atoms with Gasteiger partial charge in [0.15, 0.2) is 0 Å². The first kappa shape index (κ1) is 17.2. The number of amides is 1. The molecule has 0 aliphatic heterocycles. The lowest BCUT2D eigenvalue weighted by Crippen LogP contribution is -2.39. The summed E-state index contributed by atoms with van der Waals surface area (Å²) in [5.41, 5.74) is 6.88. The highest BCUT2D eigenvalue weighted by atomic mass is 35.5. The van der Waals surface area contributed by atoms with Crippen molar-refractivity contribution in [3.8, 4) is 6.07 Å². The van der Waals surface area contributed by atoms with Gasteiger partial charge in [0.25, 0.3) is 5.91 Å². The number of anilines is 2. The fraction of sp³-hybridized carbons (Fsp3) is 0.412. The highest BCUT2D eigenvalue weighted by molar-refractivity contribution is 6.33. The smallest absolute Gasteiger partial charge is 0.266 e. The van der Waals surface area contributed by atoms with Crippen molar-refractivity contribution in [2.45, 2.75) is 38.1 Å². The predicted octanol–water partition coefficient (Wildman–Crippen LogP) is 3.53. The molecular formula is C17H21ClN4O. The SMILES string of the molecule is CN(C(=O)/C(C#N)=C\Nc1ccc(N)c(Cl)c1)C1CCCCC1. The summed E-state index contributed by atoms with van der Waals surface area (Å²) in [6.45, 7) is 0. The number of nitrogens with one attached hydrogen (secondary N) is 1. The zero-order valence-corrected chi connectivity index (χ0v) is 13.9. The summed E-state index contributed by atoms with van der Waals surface area (Å²) in [6, 6.07) is 7.24. The third-order valence-electron chi connectivity index (χ3n) is 4.18. The number of carbonyl (C=O) groups is 1. The number of nitriles is 1. The van der Waals surface area contributed by atoms with E-state index in [-0.39, 0.29) is 17.5 Å². The Hall–Kier alpha value is -2.19. The van der Waals surface area contributed by atoms with Crippen LogP contribution in [0.4, 0.5) is 11.4 Å². The van der Waals surface area contributed by atoms with Crippen LogP contribution in [-0.4, -0.2) is 23.9 Å². The molecule has 0 heterocycles. The molecule has 1 aliphatic rings. The van der Waals surface area contributed by atoms with Gasteiger partial charge in [-0.25, -0.2) is 0 Å². The average Bonchev–Trinajstić information content (AvgIpc) is 2.58. The van der Waals surface area contributed by atoms with E-state index >= 15 is 0 Å². The van der Waals surface area contributed by atoms with E-state index in [1.807, 2.05) is 6.07 Å². The van der Waals surface area contributed by atoms with Gasteiger partial charge in [-0.15, -0.1) is 0 Å². The highest BCUT2D eigenvalue weighted by Gasteiger charge is 2.24. The van der Waals surface area contributed by atoms with E-state index in [1.54, 1.807) is 30.1 Å². The van der Waals surface area contributed by atoms with Crippen LogP contribution in [0.2, 0.25) is 5.02 Å². The van der Waals surface area contributed by atoms with Crippen LogP contribution in [0.1, 0.15) is 32.1 Å². The molecule has 1 aliphatic carbocycles. The molecule has 6 heteroatoms. The number of likely N-dealkylation sites (N-methyl/N-ethyl adjacent to an activating group) is 1. The van der Waals surface area contributed by atoms with Crippen molar-refractivity contribution in [1.82, 2.24) is 4.90 Å². The first-order valence-electron chi connectivity index (χ1n) is 7.72. The van der Waals surface area contributed by atoms with E-state index in [9.17, 15) is 10.1 Å². The van der Waals surface area contributed by atoms with Gasteiger partial charge in [-0.1, -0.05) is 30.9 Å². The molecule has 0 saturated heterocycles. The monoisotopic (exact) mass is 332 g/mol. The van der Waals surface area contributed by atoms with Gasteiger partial charge in [-0.05, 0) is 31.0 Å². The van der Waals surface area contributed by atoms with Crippen molar-refractivity contribution in [3.05, 3.63) is 35.0 Å². The summed E-state index contributed by atoms with van der Waals surface area (Å²) < 4.78 is 0. The van der Waals surface area contributed by atoms with Gasteiger partial charge in [-0.3, -0.25) is 4.79 Å². The molecule has 1 saturated carbocycles. The Morgan fingerprint density at radius 1 is 1.43 bits per heavy atom. The van der Waals surface area contributed by atoms with Gasteiger partial charge < -0.3 is 16.0 Å². The average molecular weight is 333 g/mol. The molecule has 0 aromatic heterocycles. The van der Waals surface area contributed by atoms with Gasteiger partial charge in [-0.2, -0.15) is 5.26 Å². The van der Waals surface area contributed by atoms with Gasteiger partial charge in [0.2, 0.25) is 0 Å². The van der Waals surface area contributed by atoms with Crippen molar-refractivity contribution >= 4 is 28.9 Å². The molecule has 0 unspecified atom stereocenters. The number of halogens is 1. The predicted molar refractivity (Wildman–Crippen MR) is 92.8 cm³/mol. The Morgan fingerprint density at radius 3 is 2.74 bits per heavy atom. The summed E-state index contributed by atoms with van der Waals surface area (Å²) in [5.74, 6) is -0.256. The molecule has 5 nitrogen and oxygen atoms in total. The number of rotatable bonds is 4. The Morgan fingerprint density at radius 2 is 2.13 bits per heavy atom. The Balaban J connectivity index is 2.06. The van der Waals surface area contributed by atoms with Crippen LogP contribution in [0.3, 0.4) is 0 Å². The van der Waals surface area contributed by atoms with Crippen molar-refractivity contribution in [2.75, 3.05) is 18.1 Å². The summed E-state index contributed by atoms with van der Waals surface area (Å²) >= 11 is 5.95. The first-order valence-corrected chi connectivity index (χ1v) is 8.09. The molecule has 1 aromatic carbocycles. The Bertz CT molecular complexity index is 644. The second-order valence-electron chi connectivity index (χ2n) is 5.76. The zero-order valence-electron chi connectivity index (χ0n) is 13.2. The molecule has 0 spiro atoms. The fourth-order valence-corrected chi connectivity index (χ4v) is 2.92. The lowest BCUT2D eigenvalue weighted by atomic mass is 9.94. The minimum atomic E-state index is -0.256. The van der Waals surface area contributed by atoms with Crippen LogP contribution in [-0.2, 0) is 4.79 Å². The molecular weight excluding hydrogens is 312 g/mol. The second-order valence-corrected chi connectivity index (χ2v) is 6.17. The Labute approximate surface area is 141 Å². The third-order valence-corrected chi connectivity index (χ3v) is 4.50. The fourth-order valence-electron chi connectivity index (χ4n) is 2.74. The second kappa shape index (κ2) is 7.89. The maximum atomic E-state index is 12.5. The van der Waals surface area contributed by atoms with Crippen LogP contribution in [0.25, 0.3) is 0 Å². The van der Waals surface area contributed by atoms with Gasteiger partial charge in [0.1, 0.15) is 11.6 Å². The zero-order chi connectivity index (χ0) is 16.8. The number of carbonyl (C=O) groups excluding carboxylic acids is 1. The quantitative estimate of drug-likeness (QED) is 0.502. The molecule has 1 fully saturated rings. The molecule has 1 amide bonds. The van der Waals surface area contributed by atoms with Gasteiger partial charge >= 0.3 is 0 Å². The number of nitrogens with two attached hydrogens (primary N) is 1. The standard InChI is InChI=1S/C17H21ClN4O/c1-22(14-5-3-2-4-6-14)17(23)12(10-19)11-21-13-7-8-16(20)15(18)9-13/h7-9,11,14,21H,2-6,20H2,1H3/b12-11-. The highest BCUT2D eigenvalue weighted by Crippen LogP contribution is 2.24. The van der Waals surface area contributed by atoms with Gasteiger partial charge in [0, 0.05) is 25.0 Å². The number of hydrogen-bond donors (Lipinski definition) is 2. The van der Waals surface area contributed by atoms with E-state index in [4.69, 9.17) is 17.3 Å². The van der Waals surface area contributed by atoms with Crippen molar-refractivity contribution < 1.29 is 4.79 Å². The molecule has 23 heavy (non-hydrogen) atoms. The molecule has 0 bridgehead atoms. The third kappa shape index (κ3) is 4.40. The summed E-state index contributed by atoms with van der Waals surface area (Å²) in [7, 11) is 1.77. The number of benzene rings is 1. The maximum absolute atomic E-state index is 12.5. The minimum absolute atomic E-state index is 0.0750. The van der Waals surface area contributed by atoms with E-state index < -0.39 is 0 Å². The van der Waals surface area contributed by atoms with Crippen LogP contribution in [0, 0.1) is 11.3 Å². The topological polar surface area (TPSA) is 82.2 Å². The maximum Gasteiger partial charge on any atom is 0.266 e. The van der Waals surface area contributed by atoms with Crippen LogP contribution >= 0.6 is 11.6 Å². The molecule has 2 rings (SSSR count). The van der Waals surface area contributed by atoms with E-state index in [2.05, 4.69) is 5.32 Å². The number of nitrogens with zero attached hydrogens (tertiary/aromatic N) is 2. The normalized spacial score (nSPS) is 15.8. The van der Waals surface area contributed by atoms with Gasteiger partial charge in [0.05, 0.1) is 10.7 Å². The molecule has 0 atom stereocenters. The molecule has 122 valence electrons. The molecule has 1 aromatic rings. The minimum Gasteiger partial charge on any atom is -0.398 e. The Kier molecular flexibility index (Phi) is 5.89. The van der Waals surface area contributed by atoms with E-state index in [0.717, 1.165) is 25.7 Å². The number of hydrogen-bond acceptors (Lipinski definition) is 4.